The van der Waals surface area contributed by atoms with Crippen LogP contribution < -0.4 is 5.32 Å². The number of hydrogen-bond donors (Lipinski definition) is 2. The van der Waals surface area contributed by atoms with Crippen LogP contribution in [0.3, 0.4) is 0 Å². The van der Waals surface area contributed by atoms with Crippen molar-refractivity contribution in [3.63, 3.8) is 0 Å². The van der Waals surface area contributed by atoms with Crippen LogP contribution in [-0.4, -0.2) is 37.0 Å². The van der Waals surface area contributed by atoms with Gasteiger partial charge in [-0.05, 0) is 38.6 Å². The van der Waals surface area contributed by atoms with E-state index in [1.165, 1.54) is 0 Å². The largest absolute Gasteiger partial charge is 0.395 e. The number of aliphatic hydroxyl groups is 1. The van der Waals surface area contributed by atoms with Gasteiger partial charge in [0.05, 0.1) is 12.7 Å². The van der Waals surface area contributed by atoms with Crippen molar-refractivity contribution in [1.82, 2.24) is 5.32 Å². The number of rotatable bonds is 10. The molecule has 2 unspecified atom stereocenters. The Kier molecular flexibility index (Phi) is 9.99. The zero-order valence-corrected chi connectivity index (χ0v) is 11.3. The molecule has 0 heterocycles. The van der Waals surface area contributed by atoms with Gasteiger partial charge in [0.1, 0.15) is 0 Å². The standard InChI is InChI=1S/C13H29NO2/c1-5-7-14-13(10-15)6-8-16-12(4)9-11(2)3/h11-15H,5-10H2,1-4H3. The predicted octanol–water partition coefficient (Wildman–Crippen LogP) is 2.19. The summed E-state index contributed by atoms with van der Waals surface area (Å²) in [6.07, 6.45) is 3.41. The van der Waals surface area contributed by atoms with E-state index in [4.69, 9.17) is 9.84 Å². The lowest BCUT2D eigenvalue weighted by molar-refractivity contribution is 0.0424. The zero-order valence-electron chi connectivity index (χ0n) is 11.3. The SMILES string of the molecule is CCCNC(CO)CCOC(C)CC(C)C. The van der Waals surface area contributed by atoms with Crippen LogP contribution in [0.4, 0.5) is 0 Å². The van der Waals surface area contributed by atoms with Crippen molar-refractivity contribution in [2.75, 3.05) is 19.8 Å². The maximum absolute atomic E-state index is 9.15. The molecular weight excluding hydrogens is 202 g/mol. The summed E-state index contributed by atoms with van der Waals surface area (Å²) in [5.41, 5.74) is 0. The van der Waals surface area contributed by atoms with Crippen molar-refractivity contribution in [3.8, 4) is 0 Å². The van der Waals surface area contributed by atoms with Gasteiger partial charge in [0.2, 0.25) is 0 Å². The third kappa shape index (κ3) is 9.13. The Hall–Kier alpha value is -0.120. The van der Waals surface area contributed by atoms with Crippen LogP contribution in [-0.2, 0) is 4.74 Å². The molecule has 0 saturated heterocycles. The minimum absolute atomic E-state index is 0.186. The quantitative estimate of drug-likeness (QED) is 0.605. The summed E-state index contributed by atoms with van der Waals surface area (Å²) in [5.74, 6) is 0.682. The molecule has 2 atom stereocenters. The van der Waals surface area contributed by atoms with E-state index < -0.39 is 0 Å². The summed E-state index contributed by atoms with van der Waals surface area (Å²) >= 11 is 0. The van der Waals surface area contributed by atoms with Crippen molar-refractivity contribution >= 4 is 0 Å². The van der Waals surface area contributed by atoms with Gasteiger partial charge in [-0.15, -0.1) is 0 Å². The van der Waals surface area contributed by atoms with E-state index in [1.807, 2.05) is 0 Å². The lowest BCUT2D eigenvalue weighted by Crippen LogP contribution is -2.34. The number of hydrogen-bond acceptors (Lipinski definition) is 3. The van der Waals surface area contributed by atoms with Crippen LogP contribution in [0, 0.1) is 5.92 Å². The summed E-state index contributed by atoms with van der Waals surface area (Å²) in [6, 6.07) is 0.186. The molecule has 3 nitrogen and oxygen atoms in total. The van der Waals surface area contributed by atoms with Gasteiger partial charge in [0.25, 0.3) is 0 Å². The molecule has 0 aromatic carbocycles. The van der Waals surface area contributed by atoms with Crippen LogP contribution in [0.25, 0.3) is 0 Å². The van der Waals surface area contributed by atoms with Gasteiger partial charge in [-0.1, -0.05) is 20.8 Å². The lowest BCUT2D eigenvalue weighted by Gasteiger charge is -2.19. The highest BCUT2D eigenvalue weighted by Gasteiger charge is 2.08. The molecule has 16 heavy (non-hydrogen) atoms. The highest BCUT2D eigenvalue weighted by molar-refractivity contribution is 4.65. The van der Waals surface area contributed by atoms with E-state index in [2.05, 4.69) is 33.0 Å². The normalized spacial score (nSPS) is 15.4. The van der Waals surface area contributed by atoms with E-state index in [0.29, 0.717) is 12.0 Å². The minimum atomic E-state index is 0.186. The average Bonchev–Trinajstić information content (AvgIpc) is 2.22. The monoisotopic (exact) mass is 231 g/mol. The lowest BCUT2D eigenvalue weighted by atomic mass is 10.1. The van der Waals surface area contributed by atoms with Crippen molar-refractivity contribution in [2.45, 2.75) is 59.1 Å². The Morgan fingerprint density at radius 3 is 2.44 bits per heavy atom. The van der Waals surface area contributed by atoms with Crippen LogP contribution in [0.1, 0.15) is 47.0 Å². The van der Waals surface area contributed by atoms with E-state index in [1.54, 1.807) is 0 Å². The molecule has 0 bridgehead atoms. The zero-order chi connectivity index (χ0) is 12.4. The maximum atomic E-state index is 9.15. The van der Waals surface area contributed by atoms with Gasteiger partial charge in [-0.3, -0.25) is 0 Å². The molecule has 0 fully saturated rings. The highest BCUT2D eigenvalue weighted by atomic mass is 16.5. The van der Waals surface area contributed by atoms with Crippen molar-refractivity contribution < 1.29 is 9.84 Å². The predicted molar refractivity (Wildman–Crippen MR) is 68.7 cm³/mol. The van der Waals surface area contributed by atoms with E-state index in [0.717, 1.165) is 32.4 Å². The Balaban J connectivity index is 3.53. The molecule has 0 aromatic heterocycles. The first-order valence-corrected chi connectivity index (χ1v) is 6.55. The summed E-state index contributed by atoms with van der Waals surface area (Å²) in [5, 5.41) is 12.4. The molecular formula is C13H29NO2. The fraction of sp³-hybridized carbons (Fsp3) is 1.00. The number of aliphatic hydroxyl groups excluding tert-OH is 1. The Bertz CT molecular complexity index is 151. The third-order valence-corrected chi connectivity index (χ3v) is 2.58. The van der Waals surface area contributed by atoms with Gasteiger partial charge in [0, 0.05) is 12.6 Å². The molecule has 0 radical (unpaired) electrons. The summed E-state index contributed by atoms with van der Waals surface area (Å²) in [6.45, 7) is 10.6. The molecule has 0 saturated carbocycles. The first-order valence-electron chi connectivity index (χ1n) is 6.55. The Labute approximate surface area is 101 Å². The van der Waals surface area contributed by atoms with E-state index >= 15 is 0 Å². The van der Waals surface area contributed by atoms with Crippen molar-refractivity contribution in [1.29, 1.82) is 0 Å². The topological polar surface area (TPSA) is 41.5 Å². The molecule has 0 aliphatic carbocycles. The minimum Gasteiger partial charge on any atom is -0.395 e. The van der Waals surface area contributed by atoms with Gasteiger partial charge in [-0.25, -0.2) is 0 Å². The molecule has 98 valence electrons. The summed E-state index contributed by atoms with van der Waals surface area (Å²) < 4.78 is 5.71. The molecule has 0 aliphatic heterocycles. The van der Waals surface area contributed by atoms with Crippen molar-refractivity contribution in [3.05, 3.63) is 0 Å². The van der Waals surface area contributed by atoms with Gasteiger partial charge >= 0.3 is 0 Å². The first-order chi connectivity index (χ1) is 7.60. The van der Waals surface area contributed by atoms with Gasteiger partial charge in [-0.2, -0.15) is 0 Å². The smallest absolute Gasteiger partial charge is 0.0585 e. The second kappa shape index (κ2) is 10.1. The van der Waals surface area contributed by atoms with Crippen LogP contribution in [0.5, 0.6) is 0 Å². The molecule has 2 N–H and O–H groups in total. The second-order valence-corrected chi connectivity index (χ2v) is 4.93. The fourth-order valence-electron chi connectivity index (χ4n) is 1.75. The third-order valence-electron chi connectivity index (χ3n) is 2.58. The highest BCUT2D eigenvalue weighted by Crippen LogP contribution is 2.08. The second-order valence-electron chi connectivity index (χ2n) is 4.93. The Morgan fingerprint density at radius 1 is 1.25 bits per heavy atom. The van der Waals surface area contributed by atoms with Gasteiger partial charge in [0.15, 0.2) is 0 Å². The molecule has 0 amide bonds. The Morgan fingerprint density at radius 2 is 1.94 bits per heavy atom. The number of nitrogens with one attached hydrogen (secondary N) is 1. The molecule has 3 heteroatoms. The molecule has 0 aromatic rings. The average molecular weight is 231 g/mol. The van der Waals surface area contributed by atoms with E-state index in [9.17, 15) is 0 Å². The maximum Gasteiger partial charge on any atom is 0.0585 e. The number of ether oxygens (including phenoxy) is 1. The van der Waals surface area contributed by atoms with Crippen LogP contribution >= 0.6 is 0 Å². The summed E-state index contributed by atoms with van der Waals surface area (Å²) in [7, 11) is 0. The fourth-order valence-corrected chi connectivity index (χ4v) is 1.75. The summed E-state index contributed by atoms with van der Waals surface area (Å²) in [4.78, 5) is 0. The van der Waals surface area contributed by atoms with Crippen LogP contribution in [0.15, 0.2) is 0 Å². The van der Waals surface area contributed by atoms with Crippen LogP contribution in [0.2, 0.25) is 0 Å². The van der Waals surface area contributed by atoms with E-state index in [-0.39, 0.29) is 12.6 Å². The first kappa shape index (κ1) is 15.9. The van der Waals surface area contributed by atoms with Gasteiger partial charge < -0.3 is 15.2 Å². The molecule has 0 aliphatic rings. The van der Waals surface area contributed by atoms with Crippen molar-refractivity contribution in [2.24, 2.45) is 5.92 Å². The molecule has 0 rings (SSSR count). The molecule has 0 spiro atoms.